The van der Waals surface area contributed by atoms with Crippen LogP contribution in [0.5, 0.6) is 5.75 Å². The first-order valence-corrected chi connectivity index (χ1v) is 11.8. The van der Waals surface area contributed by atoms with Crippen LogP contribution in [0.4, 0.5) is 10.2 Å². The number of aromatic nitrogens is 4. The number of nitrogens with one attached hydrogen (secondary N) is 1. The highest BCUT2D eigenvalue weighted by Gasteiger charge is 2.47. The number of nitriles is 1. The summed E-state index contributed by atoms with van der Waals surface area (Å²) in [6.07, 6.45) is 4.20. The third-order valence-corrected chi connectivity index (χ3v) is 7.48. The molecule has 2 aromatic heterocycles. The zero-order valence-electron chi connectivity index (χ0n) is 18.4. The highest BCUT2D eigenvalue weighted by atomic mass is 32.1. The van der Waals surface area contributed by atoms with Gasteiger partial charge in [-0.2, -0.15) is 5.26 Å². The minimum Gasteiger partial charge on any atom is -0.507 e. The Morgan fingerprint density at radius 2 is 2.21 bits per heavy atom. The van der Waals surface area contributed by atoms with Gasteiger partial charge in [0.15, 0.2) is 16.6 Å². The number of rotatable bonds is 4. The number of anilines is 1. The molecule has 2 bridgehead atoms. The fourth-order valence-electron chi connectivity index (χ4n) is 4.96. The molecule has 2 aliphatic heterocycles. The number of phenols is 1. The van der Waals surface area contributed by atoms with Crippen molar-refractivity contribution in [1.29, 1.82) is 5.26 Å². The largest absolute Gasteiger partial charge is 0.507 e. The molecule has 0 aliphatic carbocycles. The fraction of sp³-hybridized carbons (Fsp3) is 0.435. The van der Waals surface area contributed by atoms with E-state index in [1.54, 1.807) is 29.8 Å². The number of hydrogen-bond donors (Lipinski definition) is 2. The molecule has 2 saturated heterocycles. The van der Waals surface area contributed by atoms with Crippen LogP contribution >= 0.6 is 11.3 Å². The van der Waals surface area contributed by atoms with Gasteiger partial charge in [-0.3, -0.25) is 0 Å². The predicted octanol–water partition coefficient (Wildman–Crippen LogP) is 3.69. The first kappa shape index (κ1) is 21.7. The number of hydrogen-bond acceptors (Lipinski definition) is 9. The van der Waals surface area contributed by atoms with Crippen LogP contribution in [0.15, 0.2) is 29.8 Å². The number of piperidine rings is 2. The fourth-order valence-corrected chi connectivity index (χ4v) is 5.57. The van der Waals surface area contributed by atoms with Gasteiger partial charge in [0.25, 0.3) is 0 Å². The summed E-state index contributed by atoms with van der Waals surface area (Å²) >= 11 is 1.25. The number of phenolic OH excluding ortho intramolecular Hbond substituents is 1. The van der Waals surface area contributed by atoms with Gasteiger partial charge in [-0.05, 0) is 44.7 Å². The van der Waals surface area contributed by atoms with E-state index in [0.717, 1.165) is 19.3 Å². The second kappa shape index (κ2) is 8.32. The molecule has 170 valence electrons. The van der Waals surface area contributed by atoms with Crippen LogP contribution in [-0.2, 0) is 0 Å². The van der Waals surface area contributed by atoms with Crippen molar-refractivity contribution in [3.05, 3.63) is 34.8 Å². The standard InChI is InChI=1S/C23H24FN7OS/c1-23-7-3-4-15(28-23)21(24)17(9-23)31(2)19-11-26-22(30-29-19)14-6-5-13(8-18(14)32)16-12-33-20(10-25)27-16/h5-6,8,11-12,15,17,21,28,32H,3-4,7,9H2,1-2H3/t15-,17-,21+,23-/m1/s1. The molecule has 5 rings (SSSR count). The second-order valence-corrected chi connectivity index (χ2v) is 9.91. The van der Waals surface area contributed by atoms with E-state index in [-0.39, 0.29) is 29.2 Å². The van der Waals surface area contributed by atoms with Gasteiger partial charge >= 0.3 is 0 Å². The Morgan fingerprint density at radius 3 is 2.91 bits per heavy atom. The summed E-state index contributed by atoms with van der Waals surface area (Å²) in [7, 11) is 1.84. The van der Waals surface area contributed by atoms with Crippen molar-refractivity contribution < 1.29 is 9.50 Å². The highest BCUT2D eigenvalue weighted by molar-refractivity contribution is 7.10. The van der Waals surface area contributed by atoms with Gasteiger partial charge in [0.1, 0.15) is 18.0 Å². The molecule has 4 atom stereocenters. The lowest BCUT2D eigenvalue weighted by Crippen LogP contribution is -2.66. The average molecular weight is 466 g/mol. The molecule has 1 aromatic carbocycles. The van der Waals surface area contributed by atoms with Gasteiger partial charge in [0.05, 0.1) is 23.5 Å². The number of halogens is 1. The van der Waals surface area contributed by atoms with Crippen LogP contribution in [0.25, 0.3) is 22.6 Å². The van der Waals surface area contributed by atoms with Crippen molar-refractivity contribution in [3.63, 3.8) is 0 Å². The van der Waals surface area contributed by atoms with Crippen LogP contribution in [-0.4, -0.2) is 56.1 Å². The lowest BCUT2D eigenvalue weighted by atomic mass is 9.74. The maximum atomic E-state index is 15.2. The van der Waals surface area contributed by atoms with Gasteiger partial charge in [0, 0.05) is 29.6 Å². The molecule has 33 heavy (non-hydrogen) atoms. The summed E-state index contributed by atoms with van der Waals surface area (Å²) in [5.74, 6) is 0.764. The van der Waals surface area contributed by atoms with E-state index in [4.69, 9.17) is 5.26 Å². The smallest absolute Gasteiger partial charge is 0.194 e. The van der Waals surface area contributed by atoms with Crippen molar-refractivity contribution >= 4 is 17.2 Å². The topological polar surface area (TPSA) is 111 Å². The molecule has 4 heterocycles. The molecular formula is C23H24FN7OS. The average Bonchev–Trinajstić information content (AvgIpc) is 3.31. The van der Waals surface area contributed by atoms with E-state index >= 15 is 4.39 Å². The Morgan fingerprint density at radius 1 is 1.36 bits per heavy atom. The summed E-state index contributed by atoms with van der Waals surface area (Å²) in [6, 6.07) is 6.63. The van der Waals surface area contributed by atoms with Crippen LogP contribution < -0.4 is 10.2 Å². The normalized spacial score (nSPS) is 26.5. The SMILES string of the molecule is CN(c1cnc(-c2ccc(-c3csc(C#N)n3)cc2O)nn1)[C@@H]1C[C@@]2(C)CCC[C@@H](N2)[C@@H]1F. The quantitative estimate of drug-likeness (QED) is 0.600. The minimum atomic E-state index is -0.992. The molecule has 0 spiro atoms. The molecule has 2 N–H and O–H groups in total. The number of benzene rings is 1. The molecule has 0 amide bonds. The number of aromatic hydroxyl groups is 1. The molecule has 3 aromatic rings. The van der Waals surface area contributed by atoms with E-state index in [0.29, 0.717) is 34.1 Å². The Balaban J connectivity index is 1.36. The molecule has 0 radical (unpaired) electrons. The van der Waals surface area contributed by atoms with Crippen molar-refractivity contribution in [2.24, 2.45) is 0 Å². The van der Waals surface area contributed by atoms with Crippen molar-refractivity contribution in [2.45, 2.75) is 56.4 Å². The van der Waals surface area contributed by atoms with Gasteiger partial charge in [0.2, 0.25) is 0 Å². The number of nitrogens with zero attached hydrogens (tertiary/aromatic N) is 6. The maximum Gasteiger partial charge on any atom is 0.194 e. The van der Waals surface area contributed by atoms with Crippen LogP contribution in [0.1, 0.15) is 37.6 Å². The third-order valence-electron chi connectivity index (χ3n) is 6.73. The highest BCUT2D eigenvalue weighted by Crippen LogP contribution is 2.38. The van der Waals surface area contributed by atoms with Gasteiger partial charge in [-0.1, -0.05) is 6.07 Å². The molecule has 0 unspecified atom stereocenters. The van der Waals surface area contributed by atoms with Gasteiger partial charge in [-0.25, -0.2) is 14.4 Å². The molecule has 8 nitrogen and oxygen atoms in total. The lowest BCUT2D eigenvalue weighted by Gasteiger charge is -2.51. The molecule has 0 saturated carbocycles. The van der Waals surface area contributed by atoms with Gasteiger partial charge in [-0.15, -0.1) is 21.5 Å². The Bertz CT molecular complexity index is 1210. The van der Waals surface area contributed by atoms with Gasteiger partial charge < -0.3 is 15.3 Å². The summed E-state index contributed by atoms with van der Waals surface area (Å²) < 4.78 is 15.2. The van der Waals surface area contributed by atoms with Crippen molar-refractivity contribution in [1.82, 2.24) is 25.5 Å². The van der Waals surface area contributed by atoms with E-state index in [1.165, 1.54) is 11.3 Å². The number of thiazole rings is 1. The monoisotopic (exact) mass is 465 g/mol. The molecule has 2 aliphatic rings. The van der Waals surface area contributed by atoms with Crippen molar-refractivity contribution in [2.75, 3.05) is 11.9 Å². The van der Waals surface area contributed by atoms with Crippen LogP contribution in [0.3, 0.4) is 0 Å². The summed E-state index contributed by atoms with van der Waals surface area (Å²) in [4.78, 5) is 10.4. The van der Waals surface area contributed by atoms with Crippen molar-refractivity contribution in [3.8, 4) is 34.5 Å². The zero-order chi connectivity index (χ0) is 23.2. The Labute approximate surface area is 195 Å². The summed E-state index contributed by atoms with van der Waals surface area (Å²) in [5.41, 5.74) is 1.68. The third kappa shape index (κ3) is 4.03. The van der Waals surface area contributed by atoms with E-state index in [2.05, 4.69) is 32.4 Å². The zero-order valence-corrected chi connectivity index (χ0v) is 19.2. The maximum absolute atomic E-state index is 15.2. The van der Waals surface area contributed by atoms with Crippen LogP contribution in [0, 0.1) is 11.3 Å². The first-order chi connectivity index (χ1) is 15.9. The summed E-state index contributed by atoms with van der Waals surface area (Å²) in [6.45, 7) is 2.16. The molecule has 10 heteroatoms. The first-order valence-electron chi connectivity index (χ1n) is 10.9. The number of fused-ring (bicyclic) bond motifs is 2. The molecule has 2 fully saturated rings. The number of alkyl halides is 1. The Kier molecular flexibility index (Phi) is 5.46. The molecular weight excluding hydrogens is 441 g/mol. The van der Waals surface area contributed by atoms with E-state index in [1.807, 2.05) is 18.0 Å². The lowest BCUT2D eigenvalue weighted by molar-refractivity contribution is 0.0607. The van der Waals surface area contributed by atoms with E-state index < -0.39 is 6.17 Å². The minimum absolute atomic E-state index is 0.00941. The predicted molar refractivity (Wildman–Crippen MR) is 124 cm³/mol. The summed E-state index contributed by atoms with van der Waals surface area (Å²) in [5, 5.41) is 33.6. The van der Waals surface area contributed by atoms with Crippen LogP contribution in [0.2, 0.25) is 0 Å². The second-order valence-electron chi connectivity index (χ2n) is 9.05. The Hall–Kier alpha value is -3.16. The van der Waals surface area contributed by atoms with E-state index in [9.17, 15) is 5.11 Å².